The Balaban J connectivity index is 3.50. The van der Waals surface area contributed by atoms with Gasteiger partial charge in [-0.1, -0.05) is 0 Å². The van der Waals surface area contributed by atoms with E-state index in [1.807, 2.05) is 6.92 Å². The molecule has 10 heavy (non-hydrogen) atoms. The zero-order valence-electron chi connectivity index (χ0n) is 6.05. The van der Waals surface area contributed by atoms with E-state index in [2.05, 4.69) is 4.98 Å². The molecule has 0 aliphatic heterocycles. The molecule has 3 N–H and O–H groups in total. The molecular formula is C6H10N4. The first-order chi connectivity index (χ1) is 4.63. The van der Waals surface area contributed by atoms with Crippen LogP contribution in [0.1, 0.15) is 11.4 Å². The highest BCUT2D eigenvalue weighted by Crippen LogP contribution is 1.86. The summed E-state index contributed by atoms with van der Waals surface area (Å²) in [6, 6.07) is 0. The van der Waals surface area contributed by atoms with Gasteiger partial charge in [-0.05, 0) is 13.8 Å². The van der Waals surface area contributed by atoms with Crippen LogP contribution in [0.3, 0.4) is 0 Å². The molecule has 0 saturated carbocycles. The molecule has 0 unspecified atom stereocenters. The van der Waals surface area contributed by atoms with E-state index in [0.717, 1.165) is 5.69 Å². The van der Waals surface area contributed by atoms with Crippen molar-refractivity contribution in [2.75, 3.05) is 5.84 Å². The smallest absolute Gasteiger partial charge is 0.165 e. The maximum atomic E-state index is 7.36. The van der Waals surface area contributed by atoms with Gasteiger partial charge in [-0.15, -0.1) is 0 Å². The summed E-state index contributed by atoms with van der Waals surface area (Å²) in [6.45, 7) is 3.57. The van der Waals surface area contributed by atoms with E-state index in [0.29, 0.717) is 5.69 Å². The van der Waals surface area contributed by atoms with Crippen LogP contribution in [-0.2, 0) is 0 Å². The summed E-state index contributed by atoms with van der Waals surface area (Å²) in [6.07, 6.45) is 1.65. The van der Waals surface area contributed by atoms with Gasteiger partial charge in [0.1, 0.15) is 0 Å². The van der Waals surface area contributed by atoms with Crippen LogP contribution in [0.2, 0.25) is 0 Å². The molecule has 0 aliphatic rings. The summed E-state index contributed by atoms with van der Waals surface area (Å²) in [4.78, 5) is 3.95. The number of hydrogen-bond acceptors (Lipinski definition) is 3. The van der Waals surface area contributed by atoms with Gasteiger partial charge in [-0.3, -0.25) is 10.4 Å². The van der Waals surface area contributed by atoms with Crippen molar-refractivity contribution in [2.45, 2.75) is 13.8 Å². The molecule has 0 saturated heterocycles. The van der Waals surface area contributed by atoms with E-state index in [4.69, 9.17) is 11.3 Å². The Morgan fingerprint density at radius 3 is 2.70 bits per heavy atom. The summed E-state index contributed by atoms with van der Waals surface area (Å²) in [5.74, 6) is 5.47. The van der Waals surface area contributed by atoms with Gasteiger partial charge in [0.15, 0.2) is 5.49 Å². The topological polar surface area (TPSA) is 67.7 Å². The van der Waals surface area contributed by atoms with Crippen LogP contribution >= 0.6 is 0 Å². The molecule has 0 radical (unpaired) electrons. The lowest BCUT2D eigenvalue weighted by atomic mass is 10.4. The lowest BCUT2D eigenvalue weighted by molar-refractivity contribution is 0.796. The Kier molecular flexibility index (Phi) is 1.45. The maximum Gasteiger partial charge on any atom is 0.165 e. The number of nitrogens with zero attached hydrogens (tertiary/aromatic N) is 2. The molecule has 1 rings (SSSR count). The molecule has 1 heterocycles. The summed E-state index contributed by atoms with van der Waals surface area (Å²) in [5.41, 5.74) is 1.70. The average molecular weight is 138 g/mol. The van der Waals surface area contributed by atoms with Gasteiger partial charge in [0.05, 0.1) is 11.4 Å². The Morgan fingerprint density at radius 1 is 1.60 bits per heavy atom. The molecule has 0 aromatic carbocycles. The third kappa shape index (κ3) is 0.877. The number of aryl methyl sites for hydroxylation is 2. The van der Waals surface area contributed by atoms with Crippen molar-refractivity contribution in [3.63, 3.8) is 0 Å². The maximum absolute atomic E-state index is 7.36. The van der Waals surface area contributed by atoms with Crippen LogP contribution in [-0.4, -0.2) is 9.66 Å². The molecule has 0 fully saturated rings. The number of aromatic nitrogens is 2. The Bertz CT molecular complexity index is 299. The van der Waals surface area contributed by atoms with E-state index in [1.54, 1.807) is 13.1 Å². The van der Waals surface area contributed by atoms with Crippen molar-refractivity contribution in [2.24, 2.45) is 0 Å². The standard InChI is InChI=1S/C6H10N4/c1-4-3-9-5(2)6(7)10(4)8/h3,7H,8H2,1-2H3. The minimum Gasteiger partial charge on any atom is -0.337 e. The molecule has 0 atom stereocenters. The molecule has 54 valence electrons. The SMILES string of the molecule is Cc1ncc(C)n(N)c1=N. The van der Waals surface area contributed by atoms with Crippen molar-refractivity contribution >= 4 is 0 Å². The predicted molar refractivity (Wildman–Crippen MR) is 37.7 cm³/mol. The minimum absolute atomic E-state index is 0.264. The quantitative estimate of drug-likeness (QED) is 0.483. The van der Waals surface area contributed by atoms with Gasteiger partial charge in [0.25, 0.3) is 0 Å². The van der Waals surface area contributed by atoms with Gasteiger partial charge >= 0.3 is 0 Å². The second-order valence-corrected chi connectivity index (χ2v) is 2.20. The Labute approximate surface area is 58.8 Å². The van der Waals surface area contributed by atoms with E-state index in [1.165, 1.54) is 4.68 Å². The van der Waals surface area contributed by atoms with Crippen molar-refractivity contribution in [1.29, 1.82) is 5.41 Å². The Morgan fingerprint density at radius 2 is 2.20 bits per heavy atom. The molecule has 0 aliphatic carbocycles. The second-order valence-electron chi connectivity index (χ2n) is 2.20. The number of nitrogens with one attached hydrogen (secondary N) is 1. The lowest BCUT2D eigenvalue weighted by Gasteiger charge is -2.03. The van der Waals surface area contributed by atoms with Crippen molar-refractivity contribution in [3.8, 4) is 0 Å². The molecule has 1 aromatic heterocycles. The van der Waals surface area contributed by atoms with Gasteiger partial charge in [-0.25, -0.2) is 4.68 Å². The molecule has 0 bridgehead atoms. The minimum atomic E-state index is 0.264. The summed E-state index contributed by atoms with van der Waals surface area (Å²) in [5, 5.41) is 7.36. The van der Waals surface area contributed by atoms with E-state index >= 15 is 0 Å². The van der Waals surface area contributed by atoms with Crippen LogP contribution in [0.5, 0.6) is 0 Å². The highest BCUT2D eigenvalue weighted by atomic mass is 15.3. The van der Waals surface area contributed by atoms with Crippen LogP contribution in [0.15, 0.2) is 6.20 Å². The van der Waals surface area contributed by atoms with Crippen LogP contribution < -0.4 is 11.3 Å². The Hall–Kier alpha value is -1.32. The summed E-state index contributed by atoms with van der Waals surface area (Å²) < 4.78 is 1.31. The normalized spacial score (nSPS) is 9.80. The lowest BCUT2D eigenvalue weighted by Crippen LogP contribution is -2.31. The van der Waals surface area contributed by atoms with Gasteiger partial charge in [0.2, 0.25) is 0 Å². The third-order valence-corrected chi connectivity index (χ3v) is 1.41. The first kappa shape index (κ1) is 6.80. The molecular weight excluding hydrogens is 128 g/mol. The average Bonchev–Trinajstić information content (AvgIpc) is 1.93. The summed E-state index contributed by atoms with van der Waals surface area (Å²) in [7, 11) is 0. The molecule has 1 aromatic rings. The molecule has 0 spiro atoms. The van der Waals surface area contributed by atoms with Gasteiger partial charge < -0.3 is 5.84 Å². The van der Waals surface area contributed by atoms with Crippen molar-refractivity contribution in [3.05, 3.63) is 23.1 Å². The zero-order chi connectivity index (χ0) is 7.72. The van der Waals surface area contributed by atoms with Crippen LogP contribution in [0, 0.1) is 19.3 Å². The summed E-state index contributed by atoms with van der Waals surface area (Å²) >= 11 is 0. The van der Waals surface area contributed by atoms with Crippen LogP contribution in [0.4, 0.5) is 0 Å². The highest BCUT2D eigenvalue weighted by molar-refractivity contribution is 5.00. The first-order valence-electron chi connectivity index (χ1n) is 2.98. The van der Waals surface area contributed by atoms with Gasteiger partial charge in [0, 0.05) is 6.20 Å². The fourth-order valence-electron chi connectivity index (χ4n) is 0.664. The molecule has 4 heteroatoms. The number of nitrogen functional groups attached to an aromatic ring is 1. The fourth-order valence-corrected chi connectivity index (χ4v) is 0.664. The number of rotatable bonds is 0. The largest absolute Gasteiger partial charge is 0.337 e. The van der Waals surface area contributed by atoms with Crippen molar-refractivity contribution in [1.82, 2.24) is 9.66 Å². The van der Waals surface area contributed by atoms with E-state index in [9.17, 15) is 0 Å². The second kappa shape index (κ2) is 2.13. The third-order valence-electron chi connectivity index (χ3n) is 1.41. The van der Waals surface area contributed by atoms with Gasteiger partial charge in [-0.2, -0.15) is 0 Å². The monoisotopic (exact) mass is 138 g/mol. The van der Waals surface area contributed by atoms with Crippen LogP contribution in [0.25, 0.3) is 0 Å². The predicted octanol–water partition coefficient (Wildman–Crippen LogP) is -0.307. The van der Waals surface area contributed by atoms with Crippen molar-refractivity contribution < 1.29 is 0 Å². The number of hydrogen-bond donors (Lipinski definition) is 2. The number of nitrogens with two attached hydrogens (primary N) is 1. The highest BCUT2D eigenvalue weighted by Gasteiger charge is 1.94. The molecule has 4 nitrogen and oxygen atoms in total. The first-order valence-corrected chi connectivity index (χ1v) is 2.98. The fraction of sp³-hybridized carbons (Fsp3) is 0.333. The zero-order valence-corrected chi connectivity index (χ0v) is 6.05. The van der Waals surface area contributed by atoms with E-state index < -0.39 is 0 Å². The van der Waals surface area contributed by atoms with E-state index in [-0.39, 0.29) is 5.49 Å². The molecule has 0 amide bonds.